The molecule has 0 saturated carbocycles. The van der Waals surface area contributed by atoms with E-state index in [9.17, 15) is 9.59 Å². The van der Waals surface area contributed by atoms with Crippen molar-refractivity contribution < 1.29 is 9.59 Å². The van der Waals surface area contributed by atoms with E-state index in [2.05, 4.69) is 11.1 Å². The highest BCUT2D eigenvalue weighted by atomic mass is 32.2. The van der Waals surface area contributed by atoms with Crippen LogP contribution in [-0.4, -0.2) is 34.0 Å². The van der Waals surface area contributed by atoms with Gasteiger partial charge in [-0.2, -0.15) is 0 Å². The van der Waals surface area contributed by atoms with Crippen molar-refractivity contribution in [3.05, 3.63) is 71.9 Å². The third-order valence-corrected chi connectivity index (χ3v) is 5.43. The zero-order chi connectivity index (χ0) is 17.2. The molecule has 4 rings (SSSR count). The summed E-state index contributed by atoms with van der Waals surface area (Å²) in [5.74, 6) is 0.474. The average Bonchev–Trinajstić information content (AvgIpc) is 2.90. The molecule has 0 N–H and O–H groups in total. The number of carbonyl (C=O) groups excluding carboxylic acids is 2. The normalized spacial score (nSPS) is 13.5. The van der Waals surface area contributed by atoms with Crippen molar-refractivity contribution in [2.75, 3.05) is 12.3 Å². The number of benzene rings is 2. The van der Waals surface area contributed by atoms with Crippen LogP contribution in [0.2, 0.25) is 0 Å². The second-order valence-electron chi connectivity index (χ2n) is 5.84. The first-order valence-corrected chi connectivity index (χ1v) is 9.16. The molecule has 124 valence electrons. The van der Waals surface area contributed by atoms with Crippen LogP contribution in [0.5, 0.6) is 0 Å². The summed E-state index contributed by atoms with van der Waals surface area (Å²) < 4.78 is 0. The van der Waals surface area contributed by atoms with Crippen LogP contribution >= 0.6 is 11.8 Å². The molecule has 3 aromatic rings. The molecule has 0 fully saturated rings. The van der Waals surface area contributed by atoms with Crippen molar-refractivity contribution in [2.24, 2.45) is 0 Å². The van der Waals surface area contributed by atoms with Crippen LogP contribution in [0.4, 0.5) is 0 Å². The van der Waals surface area contributed by atoms with Gasteiger partial charge in [-0.05, 0) is 36.4 Å². The fourth-order valence-corrected chi connectivity index (χ4v) is 4.02. The number of nitrogens with zero attached hydrogens (tertiary/aromatic N) is 2. The molecule has 1 aliphatic rings. The van der Waals surface area contributed by atoms with Gasteiger partial charge in [0.05, 0.1) is 16.6 Å². The van der Waals surface area contributed by atoms with Crippen LogP contribution in [0.25, 0.3) is 10.9 Å². The zero-order valence-electron chi connectivity index (χ0n) is 13.5. The Morgan fingerprint density at radius 1 is 0.880 bits per heavy atom. The highest BCUT2D eigenvalue weighted by Crippen LogP contribution is 2.28. The van der Waals surface area contributed by atoms with E-state index in [1.165, 1.54) is 9.80 Å². The Hall–Kier alpha value is -2.66. The van der Waals surface area contributed by atoms with Gasteiger partial charge in [-0.3, -0.25) is 19.5 Å². The number of carbonyl (C=O) groups is 2. The van der Waals surface area contributed by atoms with Gasteiger partial charge in [0.25, 0.3) is 11.8 Å². The smallest absolute Gasteiger partial charge is 0.261 e. The Bertz CT molecular complexity index is 930. The predicted octanol–water partition coefficient (Wildman–Crippen LogP) is 4.01. The summed E-state index contributed by atoms with van der Waals surface area (Å²) in [4.78, 5) is 31.6. The number of imide groups is 1. The van der Waals surface area contributed by atoms with Crippen molar-refractivity contribution >= 4 is 34.5 Å². The van der Waals surface area contributed by atoms with Crippen molar-refractivity contribution in [1.82, 2.24) is 9.88 Å². The molecule has 0 aliphatic carbocycles. The Balaban J connectivity index is 1.39. The van der Waals surface area contributed by atoms with Crippen molar-refractivity contribution in [2.45, 2.75) is 11.3 Å². The molecule has 2 amide bonds. The van der Waals surface area contributed by atoms with E-state index in [-0.39, 0.29) is 11.8 Å². The summed E-state index contributed by atoms with van der Waals surface area (Å²) in [5, 5.41) is 1.13. The monoisotopic (exact) mass is 348 g/mol. The number of rotatable bonds is 5. The standard InChI is InChI=1S/C20H16N2O2S/c23-19-14-6-1-2-7-15(14)20(24)22(19)12-5-13-25-18-10-11-21-17-9-4-3-8-16(17)18/h1-4,6-11H,5,12-13H2. The maximum absolute atomic E-state index is 12.3. The zero-order valence-corrected chi connectivity index (χ0v) is 14.3. The molecular formula is C20H16N2O2S. The van der Waals surface area contributed by atoms with E-state index in [0.29, 0.717) is 17.7 Å². The Morgan fingerprint density at radius 3 is 2.32 bits per heavy atom. The minimum absolute atomic E-state index is 0.181. The SMILES string of the molecule is O=C1c2ccccc2C(=O)N1CCCSc1ccnc2ccccc12. The van der Waals surface area contributed by atoms with Crippen LogP contribution in [0.1, 0.15) is 27.1 Å². The van der Waals surface area contributed by atoms with E-state index >= 15 is 0 Å². The molecule has 0 bridgehead atoms. The lowest BCUT2D eigenvalue weighted by Gasteiger charge is -2.13. The fraction of sp³-hybridized carbons (Fsp3) is 0.150. The lowest BCUT2D eigenvalue weighted by atomic mass is 10.1. The minimum Gasteiger partial charge on any atom is -0.274 e. The van der Waals surface area contributed by atoms with Crippen molar-refractivity contribution in [3.8, 4) is 0 Å². The van der Waals surface area contributed by atoms with E-state index in [1.807, 2.05) is 30.5 Å². The second kappa shape index (κ2) is 6.69. The number of thioether (sulfide) groups is 1. The first kappa shape index (κ1) is 15.8. The predicted molar refractivity (Wildman–Crippen MR) is 98.9 cm³/mol. The van der Waals surface area contributed by atoms with E-state index in [1.54, 1.807) is 36.0 Å². The molecule has 2 heterocycles. The van der Waals surface area contributed by atoms with Gasteiger partial charge in [0, 0.05) is 23.0 Å². The van der Waals surface area contributed by atoms with Crippen molar-refractivity contribution in [1.29, 1.82) is 0 Å². The largest absolute Gasteiger partial charge is 0.274 e. The molecule has 1 aromatic heterocycles. The summed E-state index contributed by atoms with van der Waals surface area (Å²) in [5.41, 5.74) is 2.01. The van der Waals surface area contributed by atoms with Gasteiger partial charge in [0.2, 0.25) is 0 Å². The summed E-state index contributed by atoms with van der Waals surface area (Å²) in [6, 6.07) is 17.1. The Kier molecular flexibility index (Phi) is 4.24. The average molecular weight is 348 g/mol. The number of fused-ring (bicyclic) bond motifs is 2. The highest BCUT2D eigenvalue weighted by Gasteiger charge is 2.34. The van der Waals surface area contributed by atoms with E-state index in [4.69, 9.17) is 0 Å². The lowest BCUT2D eigenvalue weighted by Crippen LogP contribution is -2.30. The number of amides is 2. The molecule has 0 radical (unpaired) electrons. The minimum atomic E-state index is -0.181. The molecule has 1 aliphatic heterocycles. The molecule has 0 unspecified atom stereocenters. The summed E-state index contributed by atoms with van der Waals surface area (Å²) in [7, 11) is 0. The molecule has 0 spiro atoms. The van der Waals surface area contributed by atoms with E-state index in [0.717, 1.165) is 23.1 Å². The number of aromatic nitrogens is 1. The van der Waals surface area contributed by atoms with Crippen LogP contribution < -0.4 is 0 Å². The summed E-state index contributed by atoms with van der Waals surface area (Å²) >= 11 is 1.73. The molecular weight excluding hydrogens is 332 g/mol. The fourth-order valence-electron chi connectivity index (χ4n) is 3.04. The number of hydrogen-bond donors (Lipinski definition) is 0. The summed E-state index contributed by atoms with van der Waals surface area (Å²) in [6.07, 6.45) is 2.57. The first-order chi connectivity index (χ1) is 12.3. The Labute approximate surface area is 149 Å². The summed E-state index contributed by atoms with van der Waals surface area (Å²) in [6.45, 7) is 0.447. The van der Waals surface area contributed by atoms with Gasteiger partial charge in [0.1, 0.15) is 0 Å². The maximum Gasteiger partial charge on any atom is 0.261 e. The molecule has 0 atom stereocenters. The van der Waals surface area contributed by atoms with E-state index < -0.39 is 0 Å². The van der Waals surface area contributed by atoms with Crippen LogP contribution in [0.3, 0.4) is 0 Å². The number of para-hydroxylation sites is 1. The topological polar surface area (TPSA) is 50.3 Å². The quantitative estimate of drug-likeness (QED) is 0.397. The highest BCUT2D eigenvalue weighted by molar-refractivity contribution is 7.99. The van der Waals surface area contributed by atoms with Crippen LogP contribution in [0, 0.1) is 0 Å². The van der Waals surface area contributed by atoms with Gasteiger partial charge in [0.15, 0.2) is 0 Å². The molecule has 25 heavy (non-hydrogen) atoms. The second-order valence-corrected chi connectivity index (χ2v) is 6.97. The molecule has 2 aromatic carbocycles. The van der Waals surface area contributed by atoms with Gasteiger partial charge >= 0.3 is 0 Å². The lowest BCUT2D eigenvalue weighted by molar-refractivity contribution is 0.0655. The maximum atomic E-state index is 12.3. The molecule has 4 nitrogen and oxygen atoms in total. The van der Waals surface area contributed by atoms with Crippen LogP contribution in [0.15, 0.2) is 65.7 Å². The Morgan fingerprint density at radius 2 is 1.56 bits per heavy atom. The third kappa shape index (κ3) is 2.91. The molecule has 0 saturated heterocycles. The van der Waals surface area contributed by atoms with Gasteiger partial charge in [-0.25, -0.2) is 0 Å². The van der Waals surface area contributed by atoms with Gasteiger partial charge in [-0.15, -0.1) is 11.8 Å². The van der Waals surface area contributed by atoms with Crippen LogP contribution in [-0.2, 0) is 0 Å². The van der Waals surface area contributed by atoms with Crippen molar-refractivity contribution in [3.63, 3.8) is 0 Å². The third-order valence-electron chi connectivity index (χ3n) is 4.27. The first-order valence-electron chi connectivity index (χ1n) is 8.17. The number of pyridine rings is 1. The van der Waals surface area contributed by atoms with Gasteiger partial charge < -0.3 is 0 Å². The number of hydrogen-bond acceptors (Lipinski definition) is 4. The molecule has 5 heteroatoms. The van der Waals surface area contributed by atoms with Gasteiger partial charge in [-0.1, -0.05) is 30.3 Å².